The summed E-state index contributed by atoms with van der Waals surface area (Å²) in [5.41, 5.74) is 2.71. The third kappa shape index (κ3) is 5.62. The van der Waals surface area contributed by atoms with E-state index in [1.807, 2.05) is 19.2 Å². The highest BCUT2D eigenvalue weighted by atomic mass is 19.4. The number of benzene rings is 1. The van der Waals surface area contributed by atoms with E-state index in [4.69, 9.17) is 11.4 Å². The van der Waals surface area contributed by atoms with Crippen LogP contribution in [0.3, 0.4) is 0 Å². The van der Waals surface area contributed by atoms with Gasteiger partial charge in [0.05, 0.1) is 5.56 Å². The van der Waals surface area contributed by atoms with Crippen molar-refractivity contribution in [2.75, 3.05) is 29.9 Å². The van der Waals surface area contributed by atoms with Crippen molar-refractivity contribution in [1.29, 1.82) is 0 Å². The lowest BCUT2D eigenvalue weighted by molar-refractivity contribution is -0.138. The fourth-order valence-electron chi connectivity index (χ4n) is 6.66. The van der Waals surface area contributed by atoms with Gasteiger partial charge in [0.1, 0.15) is 18.0 Å². The lowest BCUT2D eigenvalue weighted by Gasteiger charge is -2.24. The molecule has 1 aromatic carbocycles. The summed E-state index contributed by atoms with van der Waals surface area (Å²) in [6.07, 6.45) is 8.45. The Labute approximate surface area is 259 Å². The molecule has 9 nitrogen and oxygen atoms in total. The summed E-state index contributed by atoms with van der Waals surface area (Å²) >= 11 is 0. The van der Waals surface area contributed by atoms with Gasteiger partial charge in [-0.2, -0.15) is 13.2 Å². The number of hydrogen-bond donors (Lipinski definition) is 2. The average molecular weight is 615 g/mol. The van der Waals surface area contributed by atoms with E-state index in [0.29, 0.717) is 53.5 Å². The molecule has 0 amide bonds. The molecule has 2 aliphatic heterocycles. The van der Waals surface area contributed by atoms with Crippen molar-refractivity contribution in [3.05, 3.63) is 71.3 Å². The molecule has 4 aromatic rings. The van der Waals surface area contributed by atoms with Crippen molar-refractivity contribution in [2.24, 2.45) is 12.5 Å². The number of anilines is 2. The number of alkyl halides is 3. The summed E-state index contributed by atoms with van der Waals surface area (Å²) in [5, 5.41) is 23.1. The van der Waals surface area contributed by atoms with Gasteiger partial charge in [-0.1, -0.05) is 0 Å². The molecule has 0 radical (unpaired) electrons. The molecule has 5 heterocycles. The van der Waals surface area contributed by atoms with Gasteiger partial charge in [-0.15, -0.1) is 22.5 Å². The molecule has 1 aliphatic carbocycles. The first-order chi connectivity index (χ1) is 21.6. The smallest absolute Gasteiger partial charge is 0.369 e. The quantitative estimate of drug-likeness (QED) is 0.202. The second-order valence-corrected chi connectivity index (χ2v) is 12.3. The SMILES string of the molecule is C#CCCNc1cc(-c2cnccc2-c2nncn2C)cc(N2Cc3c(cc(CN4CCC5(CC5)C4)cc3C(F)(F)F)C2O)n1. The second-order valence-electron chi connectivity index (χ2n) is 12.3. The molecule has 0 bridgehead atoms. The number of aliphatic hydroxyl groups is 1. The third-order valence-electron chi connectivity index (χ3n) is 9.20. The lowest BCUT2D eigenvalue weighted by Crippen LogP contribution is -2.23. The number of aryl methyl sites for hydroxylation is 1. The molecule has 45 heavy (non-hydrogen) atoms. The van der Waals surface area contributed by atoms with Crippen molar-refractivity contribution in [3.63, 3.8) is 0 Å². The lowest BCUT2D eigenvalue weighted by atomic mass is 9.98. The number of hydrogen-bond acceptors (Lipinski definition) is 8. The zero-order valence-corrected chi connectivity index (χ0v) is 24.8. The molecular weight excluding hydrogens is 581 g/mol. The molecule has 3 aromatic heterocycles. The van der Waals surface area contributed by atoms with E-state index >= 15 is 0 Å². The van der Waals surface area contributed by atoms with Crippen molar-refractivity contribution >= 4 is 11.6 Å². The molecule has 3 aliphatic rings. The van der Waals surface area contributed by atoms with E-state index < -0.39 is 18.0 Å². The van der Waals surface area contributed by atoms with Gasteiger partial charge in [-0.3, -0.25) is 9.88 Å². The van der Waals surface area contributed by atoms with Gasteiger partial charge in [0.25, 0.3) is 0 Å². The number of fused-ring (bicyclic) bond motifs is 1. The topological polar surface area (TPSA) is 95.2 Å². The maximum absolute atomic E-state index is 14.5. The Morgan fingerprint density at radius 3 is 2.71 bits per heavy atom. The van der Waals surface area contributed by atoms with Crippen LogP contribution in [0.15, 0.2) is 49.1 Å². The number of nitrogens with zero attached hydrogens (tertiary/aromatic N) is 7. The number of aromatic nitrogens is 5. The Balaban J connectivity index is 1.27. The largest absolute Gasteiger partial charge is 0.416 e. The summed E-state index contributed by atoms with van der Waals surface area (Å²) in [6.45, 7) is 2.51. The van der Waals surface area contributed by atoms with Crippen LogP contribution < -0.4 is 10.2 Å². The maximum atomic E-state index is 14.5. The number of terminal acetylenes is 1. The molecule has 1 saturated heterocycles. The summed E-state index contributed by atoms with van der Waals surface area (Å²) in [7, 11) is 1.84. The van der Waals surface area contributed by atoms with Crippen LogP contribution in [0.25, 0.3) is 22.5 Å². The molecule has 2 N–H and O–H groups in total. The highest BCUT2D eigenvalue weighted by Gasteiger charge is 2.47. The van der Waals surface area contributed by atoms with Crippen LogP contribution in [0.4, 0.5) is 24.8 Å². The van der Waals surface area contributed by atoms with Crippen LogP contribution in [0.2, 0.25) is 0 Å². The predicted octanol–water partition coefficient (Wildman–Crippen LogP) is 5.39. The Hall–Kier alpha value is -4.47. The van der Waals surface area contributed by atoms with Gasteiger partial charge >= 0.3 is 6.18 Å². The third-order valence-corrected chi connectivity index (χ3v) is 9.20. The molecular formula is C33H33F3N8O. The first-order valence-corrected chi connectivity index (χ1v) is 15.0. The van der Waals surface area contributed by atoms with Crippen LogP contribution in [0.5, 0.6) is 0 Å². The van der Waals surface area contributed by atoms with E-state index in [-0.39, 0.29) is 17.7 Å². The minimum absolute atomic E-state index is 0.0639. The Kier molecular flexibility index (Phi) is 7.25. The summed E-state index contributed by atoms with van der Waals surface area (Å²) in [5.74, 6) is 3.99. The average Bonchev–Trinajstić information content (AvgIpc) is 3.28. The van der Waals surface area contributed by atoms with Crippen LogP contribution in [-0.4, -0.2) is 54.4 Å². The minimum atomic E-state index is -4.57. The molecule has 1 atom stereocenters. The number of rotatable bonds is 8. The molecule has 1 spiro atoms. The van der Waals surface area contributed by atoms with Crippen molar-refractivity contribution in [2.45, 2.75) is 51.2 Å². The highest BCUT2D eigenvalue weighted by Crippen LogP contribution is 2.53. The fraction of sp³-hybridized carbons (Fsp3) is 0.394. The minimum Gasteiger partial charge on any atom is -0.369 e. The first kappa shape index (κ1) is 29.3. The fourth-order valence-corrected chi connectivity index (χ4v) is 6.66. The molecule has 1 saturated carbocycles. The van der Waals surface area contributed by atoms with Gasteiger partial charge in [-0.05, 0) is 78.2 Å². The van der Waals surface area contributed by atoms with E-state index in [2.05, 4.69) is 31.3 Å². The Morgan fingerprint density at radius 2 is 2.00 bits per heavy atom. The monoisotopic (exact) mass is 614 g/mol. The molecule has 232 valence electrons. The predicted molar refractivity (Wildman–Crippen MR) is 164 cm³/mol. The van der Waals surface area contributed by atoms with Gasteiger partial charge in [-0.25, -0.2) is 4.98 Å². The van der Waals surface area contributed by atoms with E-state index in [1.165, 1.54) is 23.8 Å². The number of pyridine rings is 2. The van der Waals surface area contributed by atoms with Gasteiger partial charge in [0.2, 0.25) is 0 Å². The zero-order chi connectivity index (χ0) is 31.3. The molecule has 1 unspecified atom stereocenters. The number of likely N-dealkylation sites (tertiary alicyclic amines) is 1. The van der Waals surface area contributed by atoms with Gasteiger partial charge < -0.3 is 19.9 Å². The summed E-state index contributed by atoms with van der Waals surface area (Å²) in [6, 6.07) is 8.40. The van der Waals surface area contributed by atoms with Gasteiger partial charge in [0.15, 0.2) is 12.1 Å². The second kappa shape index (κ2) is 11.2. The number of nitrogens with one attached hydrogen (secondary N) is 1. The van der Waals surface area contributed by atoms with Crippen LogP contribution >= 0.6 is 0 Å². The molecule has 2 fully saturated rings. The summed E-state index contributed by atoms with van der Waals surface area (Å²) < 4.78 is 45.2. The summed E-state index contributed by atoms with van der Waals surface area (Å²) in [4.78, 5) is 12.8. The molecule has 7 rings (SSSR count). The van der Waals surface area contributed by atoms with Crippen LogP contribution in [0.1, 0.15) is 54.2 Å². The standard InChI is InChI=1S/C33H33F3N8O/c1-3-4-9-38-28-14-22(25-16-37-10-5-23(25)30-41-39-20-42(30)2)15-29(40-28)44-18-26-24(31(44)45)12-21(13-27(26)33(34,35)36)17-43-11-8-32(19-43)6-7-32/h1,5,10,12-16,20,31,45H,4,6-9,11,17-19H2,2H3,(H,38,40). The van der Waals surface area contributed by atoms with E-state index in [0.717, 1.165) is 30.6 Å². The Bertz CT molecular complexity index is 1790. The van der Waals surface area contributed by atoms with Crippen molar-refractivity contribution < 1.29 is 18.3 Å². The van der Waals surface area contributed by atoms with E-state index in [1.54, 1.807) is 35.4 Å². The van der Waals surface area contributed by atoms with Crippen molar-refractivity contribution in [3.8, 4) is 34.9 Å². The Morgan fingerprint density at radius 1 is 1.16 bits per heavy atom. The maximum Gasteiger partial charge on any atom is 0.416 e. The number of aliphatic hydroxyl groups excluding tert-OH is 1. The van der Waals surface area contributed by atoms with Crippen molar-refractivity contribution in [1.82, 2.24) is 29.6 Å². The molecule has 12 heteroatoms. The normalized spacial score (nSPS) is 18.8. The number of halogens is 3. The zero-order valence-electron chi connectivity index (χ0n) is 24.8. The highest BCUT2D eigenvalue weighted by molar-refractivity contribution is 5.82. The van der Waals surface area contributed by atoms with Gasteiger partial charge in [0, 0.05) is 68.7 Å². The van der Waals surface area contributed by atoms with Crippen LogP contribution in [0, 0.1) is 17.8 Å². The first-order valence-electron chi connectivity index (χ1n) is 15.0. The van der Waals surface area contributed by atoms with Crippen LogP contribution in [-0.2, 0) is 26.3 Å². The van der Waals surface area contributed by atoms with E-state index in [9.17, 15) is 18.3 Å².